The number of anilines is 3. The zero-order valence-electron chi connectivity index (χ0n) is 16.6. The van der Waals surface area contributed by atoms with E-state index in [0.717, 1.165) is 9.86 Å². The van der Waals surface area contributed by atoms with Crippen LogP contribution in [0.3, 0.4) is 0 Å². The molecule has 2 aromatic heterocycles. The molecule has 2 aliphatic heterocycles. The Hall–Kier alpha value is -3.62. The minimum absolute atomic E-state index is 0.166. The van der Waals surface area contributed by atoms with Gasteiger partial charge in [0.15, 0.2) is 0 Å². The number of benzene rings is 3. The van der Waals surface area contributed by atoms with Crippen LogP contribution >= 0.6 is 27.5 Å². The molecule has 160 valence electrons. The average molecular weight is 520 g/mol. The topological polar surface area (TPSA) is 89.2 Å². The Morgan fingerprint density at radius 3 is 2.73 bits per heavy atom. The molecule has 5 aromatic rings. The third-order valence-corrected chi connectivity index (χ3v) is 7.05. The molecule has 1 spiro atoms. The lowest BCUT2D eigenvalue weighted by atomic mass is 9.81. The molecule has 33 heavy (non-hydrogen) atoms. The summed E-state index contributed by atoms with van der Waals surface area (Å²) in [6.45, 7) is 0. The highest BCUT2D eigenvalue weighted by molar-refractivity contribution is 9.10. The largest absolute Gasteiger partial charge is 0.422 e. The number of para-hydroxylation sites is 1. The average Bonchev–Trinajstić information content (AvgIpc) is 3.29. The van der Waals surface area contributed by atoms with Crippen LogP contribution in [0.4, 0.5) is 17.2 Å². The first kappa shape index (κ1) is 18.9. The molecule has 0 saturated heterocycles. The molecule has 0 aliphatic carbocycles. The van der Waals surface area contributed by atoms with Crippen LogP contribution in [0.1, 0.15) is 11.1 Å². The summed E-state index contributed by atoms with van der Waals surface area (Å²) in [6.07, 6.45) is 0. The van der Waals surface area contributed by atoms with Gasteiger partial charge in [-0.05, 0) is 48.5 Å². The smallest absolute Gasteiger partial charge is 0.345 e. The number of amides is 1. The molecule has 2 aliphatic rings. The van der Waals surface area contributed by atoms with Crippen molar-refractivity contribution in [1.29, 1.82) is 0 Å². The van der Waals surface area contributed by atoms with Crippen LogP contribution in [0.25, 0.3) is 21.9 Å². The van der Waals surface area contributed by atoms with Crippen LogP contribution in [-0.2, 0) is 10.3 Å². The molecule has 0 bridgehead atoms. The fraction of sp³-hybridized carbons (Fsp3) is 0.0417. The van der Waals surface area contributed by atoms with Crippen LogP contribution in [-0.4, -0.2) is 15.7 Å². The Bertz CT molecular complexity index is 1760. The van der Waals surface area contributed by atoms with E-state index in [9.17, 15) is 9.59 Å². The number of nitrogens with one attached hydrogen (secondary N) is 2. The molecular weight excluding hydrogens is 508 g/mol. The van der Waals surface area contributed by atoms with Gasteiger partial charge in [0.1, 0.15) is 17.0 Å². The third kappa shape index (κ3) is 2.26. The number of carbonyl (C=O) groups excluding carboxylic acids is 1. The number of carbonyl (C=O) groups is 1. The van der Waals surface area contributed by atoms with Gasteiger partial charge in [0.2, 0.25) is 5.54 Å². The number of hydrogen-bond donors (Lipinski definition) is 2. The quantitative estimate of drug-likeness (QED) is 0.269. The van der Waals surface area contributed by atoms with E-state index in [1.54, 1.807) is 35.0 Å². The van der Waals surface area contributed by atoms with Crippen LogP contribution in [0, 0.1) is 0 Å². The van der Waals surface area contributed by atoms with Gasteiger partial charge in [0.25, 0.3) is 5.91 Å². The SMILES string of the molecule is O=C1Nc2ccc(Cl)cc2C12c1c(c3ccccc3oc1=O)Nc1c3cc(Br)ccc3nn12. The summed E-state index contributed by atoms with van der Waals surface area (Å²) in [5, 5.41) is 13.0. The van der Waals surface area contributed by atoms with E-state index in [4.69, 9.17) is 21.1 Å². The molecule has 9 heteroatoms. The van der Waals surface area contributed by atoms with Gasteiger partial charge in [0, 0.05) is 31.5 Å². The molecule has 1 unspecified atom stereocenters. The van der Waals surface area contributed by atoms with E-state index in [0.29, 0.717) is 44.3 Å². The van der Waals surface area contributed by atoms with Crippen molar-refractivity contribution < 1.29 is 9.21 Å². The highest BCUT2D eigenvalue weighted by Gasteiger charge is 2.57. The molecule has 0 saturated carbocycles. The Morgan fingerprint density at radius 2 is 1.85 bits per heavy atom. The molecule has 0 radical (unpaired) electrons. The second-order valence-electron chi connectivity index (χ2n) is 8.04. The lowest BCUT2D eigenvalue weighted by Crippen LogP contribution is -2.49. The van der Waals surface area contributed by atoms with Crippen molar-refractivity contribution in [2.24, 2.45) is 0 Å². The summed E-state index contributed by atoms with van der Waals surface area (Å²) in [5.74, 6) is 0.191. The summed E-state index contributed by atoms with van der Waals surface area (Å²) < 4.78 is 8.14. The maximum absolute atomic E-state index is 13.8. The second-order valence-corrected chi connectivity index (χ2v) is 9.39. The van der Waals surface area contributed by atoms with Crippen molar-refractivity contribution in [1.82, 2.24) is 9.78 Å². The highest BCUT2D eigenvalue weighted by atomic mass is 79.9. The molecule has 7 rings (SSSR count). The zero-order chi connectivity index (χ0) is 22.5. The van der Waals surface area contributed by atoms with Crippen molar-refractivity contribution in [3.05, 3.63) is 91.7 Å². The zero-order valence-corrected chi connectivity index (χ0v) is 19.0. The first-order valence-corrected chi connectivity index (χ1v) is 11.3. The summed E-state index contributed by atoms with van der Waals surface area (Å²) in [7, 11) is 0. The number of aromatic nitrogens is 2. The number of hydrogen-bond acceptors (Lipinski definition) is 5. The van der Waals surface area contributed by atoms with Gasteiger partial charge in [-0.25, -0.2) is 9.48 Å². The van der Waals surface area contributed by atoms with Crippen molar-refractivity contribution in [3.63, 3.8) is 0 Å². The van der Waals surface area contributed by atoms with E-state index in [-0.39, 0.29) is 5.56 Å². The number of nitrogens with zero attached hydrogens (tertiary/aromatic N) is 2. The van der Waals surface area contributed by atoms with Gasteiger partial charge in [-0.2, -0.15) is 5.10 Å². The predicted molar refractivity (Wildman–Crippen MR) is 129 cm³/mol. The molecule has 0 fully saturated rings. The Morgan fingerprint density at radius 1 is 1.00 bits per heavy atom. The molecule has 7 nitrogen and oxygen atoms in total. The Balaban J connectivity index is 1.73. The van der Waals surface area contributed by atoms with E-state index >= 15 is 0 Å². The monoisotopic (exact) mass is 518 g/mol. The molecule has 1 atom stereocenters. The maximum Gasteiger partial charge on any atom is 0.345 e. The number of halogens is 2. The number of rotatable bonds is 0. The van der Waals surface area contributed by atoms with E-state index in [1.165, 1.54) is 0 Å². The highest BCUT2D eigenvalue weighted by Crippen LogP contribution is 2.52. The van der Waals surface area contributed by atoms with Crippen molar-refractivity contribution in [2.45, 2.75) is 5.54 Å². The molecular formula is C24H12BrClN4O3. The molecule has 3 aromatic carbocycles. The molecule has 4 heterocycles. The van der Waals surface area contributed by atoms with E-state index < -0.39 is 17.1 Å². The summed E-state index contributed by atoms with van der Waals surface area (Å²) in [6, 6.07) is 18.0. The molecule has 2 N–H and O–H groups in total. The van der Waals surface area contributed by atoms with Crippen molar-refractivity contribution in [2.75, 3.05) is 10.6 Å². The van der Waals surface area contributed by atoms with Gasteiger partial charge < -0.3 is 15.1 Å². The van der Waals surface area contributed by atoms with E-state index in [2.05, 4.69) is 26.6 Å². The normalized spacial score (nSPS) is 18.2. The lowest BCUT2D eigenvalue weighted by Gasteiger charge is -2.35. The van der Waals surface area contributed by atoms with Gasteiger partial charge in [-0.15, -0.1) is 0 Å². The number of fused-ring (bicyclic) bond motifs is 10. The molecule has 1 amide bonds. The second kappa shape index (κ2) is 6.24. The van der Waals surface area contributed by atoms with Crippen LogP contribution in [0.2, 0.25) is 5.02 Å². The van der Waals surface area contributed by atoms with Crippen LogP contribution in [0.5, 0.6) is 0 Å². The van der Waals surface area contributed by atoms with Gasteiger partial charge in [-0.1, -0.05) is 39.7 Å². The van der Waals surface area contributed by atoms with Crippen LogP contribution in [0.15, 0.2) is 74.3 Å². The first-order valence-electron chi connectivity index (χ1n) is 10.1. The van der Waals surface area contributed by atoms with Gasteiger partial charge in [-0.3, -0.25) is 4.79 Å². The van der Waals surface area contributed by atoms with Gasteiger partial charge >= 0.3 is 5.63 Å². The van der Waals surface area contributed by atoms with Crippen LogP contribution < -0.4 is 16.3 Å². The summed E-state index contributed by atoms with van der Waals surface area (Å²) in [4.78, 5) is 27.3. The summed E-state index contributed by atoms with van der Waals surface area (Å²) >= 11 is 9.89. The summed E-state index contributed by atoms with van der Waals surface area (Å²) in [5.41, 5.74) is 0.669. The van der Waals surface area contributed by atoms with E-state index in [1.807, 2.05) is 30.3 Å². The maximum atomic E-state index is 13.8. The Kier molecular flexibility index (Phi) is 3.58. The fourth-order valence-electron chi connectivity index (χ4n) is 4.97. The fourth-order valence-corrected chi connectivity index (χ4v) is 5.50. The standard InChI is InChI=1S/C24H12BrClN4O3/c25-11-5-7-16-14(9-11)21-28-20-13-3-1-2-4-18(13)33-22(31)19(20)24(30(21)29-16)15-10-12(26)6-8-17(15)27-23(24)32/h1-10,28H,(H,27,32). The first-order chi connectivity index (χ1) is 16.0. The Labute approximate surface area is 199 Å². The van der Waals surface area contributed by atoms with Crippen molar-refractivity contribution in [3.8, 4) is 0 Å². The lowest BCUT2D eigenvalue weighted by molar-refractivity contribution is -0.120. The third-order valence-electron chi connectivity index (χ3n) is 6.32. The predicted octanol–water partition coefficient (Wildman–Crippen LogP) is 5.36. The minimum atomic E-state index is -1.59. The van der Waals surface area contributed by atoms with Gasteiger partial charge in [0.05, 0.1) is 11.2 Å². The minimum Gasteiger partial charge on any atom is -0.422 e. The van der Waals surface area contributed by atoms with Crippen molar-refractivity contribution >= 4 is 72.5 Å².